The molecule has 0 spiro atoms. The molecule has 1 aliphatic carbocycles. The lowest BCUT2D eigenvalue weighted by Crippen LogP contribution is -2.58. The van der Waals surface area contributed by atoms with Gasteiger partial charge in [-0.25, -0.2) is 9.59 Å². The Kier molecular flexibility index (Phi) is 12.6. The molecule has 9 nitrogen and oxygen atoms in total. The standard InChI is InChI=1S/C37H51N3O6/c1-5-6-25-45-35(43)32(30(26-17-10-7-11-18-26)27-19-12-8-13-20-27)38-33(41)29-23-16-24-40(29)34(42)31(28-21-14-9-15-22-28)39-36(44)46-37(2,3)4/h7-8,10-13,17-20,28-32H,5-6,9,14-16,21-25H2,1-4H3,(H,38,41)(H,39,44)/t29-,31-,32-/m0/s1. The fourth-order valence-electron chi connectivity index (χ4n) is 6.60. The first-order chi connectivity index (χ1) is 22.1. The average Bonchev–Trinajstić information content (AvgIpc) is 3.54. The smallest absolute Gasteiger partial charge is 0.408 e. The van der Waals surface area contributed by atoms with Crippen molar-refractivity contribution in [3.8, 4) is 0 Å². The van der Waals surface area contributed by atoms with Crippen LogP contribution in [0.15, 0.2) is 60.7 Å². The van der Waals surface area contributed by atoms with Crippen molar-refractivity contribution in [1.29, 1.82) is 0 Å². The van der Waals surface area contributed by atoms with Crippen molar-refractivity contribution in [2.75, 3.05) is 13.2 Å². The number of likely N-dealkylation sites (tertiary alicyclic amines) is 1. The molecule has 0 aromatic heterocycles. The molecule has 3 amide bonds. The Labute approximate surface area is 273 Å². The Morgan fingerprint density at radius 2 is 1.46 bits per heavy atom. The summed E-state index contributed by atoms with van der Waals surface area (Å²) in [4.78, 5) is 56.6. The number of hydrogen-bond acceptors (Lipinski definition) is 6. The van der Waals surface area contributed by atoms with Crippen LogP contribution in [0.1, 0.15) is 103 Å². The number of benzene rings is 2. The van der Waals surface area contributed by atoms with Crippen LogP contribution in [0.3, 0.4) is 0 Å². The number of esters is 1. The van der Waals surface area contributed by atoms with Gasteiger partial charge in [0, 0.05) is 12.5 Å². The first-order valence-corrected chi connectivity index (χ1v) is 17.0. The minimum absolute atomic E-state index is 0.0417. The number of nitrogens with one attached hydrogen (secondary N) is 2. The number of ether oxygens (including phenoxy) is 2. The van der Waals surface area contributed by atoms with E-state index in [9.17, 15) is 19.2 Å². The highest BCUT2D eigenvalue weighted by Gasteiger charge is 2.43. The van der Waals surface area contributed by atoms with Crippen LogP contribution in [0.5, 0.6) is 0 Å². The fraction of sp³-hybridized carbons (Fsp3) is 0.568. The van der Waals surface area contributed by atoms with E-state index in [1.165, 1.54) is 0 Å². The van der Waals surface area contributed by atoms with Gasteiger partial charge in [0.05, 0.1) is 6.61 Å². The highest BCUT2D eigenvalue weighted by atomic mass is 16.6. The molecular formula is C37H51N3O6. The monoisotopic (exact) mass is 633 g/mol. The van der Waals surface area contributed by atoms with Crippen LogP contribution < -0.4 is 10.6 Å². The summed E-state index contributed by atoms with van der Waals surface area (Å²) in [6.45, 7) is 8.02. The lowest BCUT2D eigenvalue weighted by atomic mass is 9.83. The number of amides is 3. The van der Waals surface area contributed by atoms with Crippen LogP contribution in [-0.4, -0.2) is 65.7 Å². The summed E-state index contributed by atoms with van der Waals surface area (Å²) in [5.74, 6) is -1.74. The number of carbonyl (C=O) groups is 4. The minimum Gasteiger partial charge on any atom is -0.464 e. The topological polar surface area (TPSA) is 114 Å². The molecule has 0 unspecified atom stereocenters. The van der Waals surface area contributed by atoms with Crippen molar-refractivity contribution >= 4 is 23.9 Å². The van der Waals surface area contributed by atoms with Crippen LogP contribution in [0.4, 0.5) is 4.79 Å². The zero-order valence-corrected chi connectivity index (χ0v) is 27.8. The average molecular weight is 634 g/mol. The molecule has 2 fully saturated rings. The van der Waals surface area contributed by atoms with Crippen molar-refractivity contribution in [3.05, 3.63) is 71.8 Å². The quantitative estimate of drug-likeness (QED) is 0.215. The van der Waals surface area contributed by atoms with Crippen molar-refractivity contribution in [1.82, 2.24) is 15.5 Å². The summed E-state index contributed by atoms with van der Waals surface area (Å²) in [5.41, 5.74) is 1.02. The van der Waals surface area contributed by atoms with Gasteiger partial charge in [-0.05, 0) is 69.9 Å². The number of rotatable bonds is 12. The second kappa shape index (κ2) is 16.6. The molecule has 1 saturated carbocycles. The van der Waals surface area contributed by atoms with Gasteiger partial charge in [-0.15, -0.1) is 0 Å². The normalized spacial score (nSPS) is 18.5. The zero-order valence-electron chi connectivity index (χ0n) is 27.8. The van der Waals surface area contributed by atoms with E-state index in [0.717, 1.165) is 49.7 Å². The van der Waals surface area contributed by atoms with E-state index in [1.807, 2.05) is 67.6 Å². The van der Waals surface area contributed by atoms with Crippen molar-refractivity contribution in [2.24, 2.45) is 5.92 Å². The molecule has 9 heteroatoms. The summed E-state index contributed by atoms with van der Waals surface area (Å²) < 4.78 is 11.2. The molecule has 4 rings (SSSR count). The third kappa shape index (κ3) is 9.56. The molecule has 2 N–H and O–H groups in total. The van der Waals surface area contributed by atoms with Crippen LogP contribution in [0.25, 0.3) is 0 Å². The fourth-order valence-corrected chi connectivity index (χ4v) is 6.60. The van der Waals surface area contributed by atoms with Gasteiger partial charge in [-0.1, -0.05) is 93.3 Å². The molecule has 1 saturated heterocycles. The zero-order chi connectivity index (χ0) is 33.1. The van der Waals surface area contributed by atoms with Crippen molar-refractivity contribution in [3.63, 3.8) is 0 Å². The van der Waals surface area contributed by atoms with Gasteiger partial charge in [-0.3, -0.25) is 9.59 Å². The van der Waals surface area contributed by atoms with Gasteiger partial charge in [-0.2, -0.15) is 0 Å². The van der Waals surface area contributed by atoms with E-state index in [-0.39, 0.29) is 18.4 Å². The largest absolute Gasteiger partial charge is 0.464 e. The maximum absolute atomic E-state index is 14.2. The summed E-state index contributed by atoms with van der Waals surface area (Å²) in [5, 5.41) is 5.91. The number of nitrogens with zero attached hydrogens (tertiary/aromatic N) is 1. The second-order valence-electron chi connectivity index (χ2n) is 13.5. The molecule has 3 atom stereocenters. The summed E-state index contributed by atoms with van der Waals surface area (Å²) in [6.07, 6.45) is 6.73. The first kappa shape index (κ1) is 35.0. The van der Waals surface area contributed by atoms with E-state index in [0.29, 0.717) is 25.8 Å². The number of unbranched alkanes of at least 4 members (excludes halogenated alkanes) is 1. The van der Waals surface area contributed by atoms with E-state index >= 15 is 0 Å². The van der Waals surface area contributed by atoms with Crippen LogP contribution in [0.2, 0.25) is 0 Å². The molecular weight excluding hydrogens is 582 g/mol. The molecule has 2 aromatic carbocycles. The SMILES string of the molecule is CCCCOC(=O)[C@@H](NC(=O)[C@@H]1CCCN1C(=O)[C@@H](NC(=O)OC(C)(C)C)C1CCCCC1)C(c1ccccc1)c1ccccc1. The molecule has 2 aliphatic rings. The highest BCUT2D eigenvalue weighted by Crippen LogP contribution is 2.32. The lowest BCUT2D eigenvalue weighted by molar-refractivity contribution is -0.149. The van der Waals surface area contributed by atoms with Gasteiger partial charge in [0.1, 0.15) is 23.7 Å². The molecule has 1 heterocycles. The van der Waals surface area contributed by atoms with Crippen molar-refractivity contribution < 1.29 is 28.7 Å². The third-order valence-electron chi connectivity index (χ3n) is 8.84. The molecule has 0 bridgehead atoms. The highest BCUT2D eigenvalue weighted by molar-refractivity contribution is 5.94. The van der Waals surface area contributed by atoms with E-state index in [2.05, 4.69) is 10.6 Å². The first-order valence-electron chi connectivity index (χ1n) is 17.0. The van der Waals surface area contributed by atoms with Gasteiger partial charge in [0.15, 0.2) is 0 Å². The van der Waals surface area contributed by atoms with Crippen molar-refractivity contribution in [2.45, 2.75) is 115 Å². The van der Waals surface area contributed by atoms with E-state index in [1.54, 1.807) is 25.7 Å². The lowest BCUT2D eigenvalue weighted by Gasteiger charge is -2.35. The maximum Gasteiger partial charge on any atom is 0.408 e. The van der Waals surface area contributed by atoms with Crippen LogP contribution in [0, 0.1) is 5.92 Å². The Bertz CT molecular complexity index is 1250. The Morgan fingerprint density at radius 3 is 2.02 bits per heavy atom. The molecule has 2 aromatic rings. The van der Waals surface area contributed by atoms with Gasteiger partial charge < -0.3 is 25.0 Å². The predicted octanol–water partition coefficient (Wildman–Crippen LogP) is 6.11. The minimum atomic E-state index is -1.01. The summed E-state index contributed by atoms with van der Waals surface area (Å²) in [6, 6.07) is 16.6. The molecule has 1 aliphatic heterocycles. The Balaban J connectivity index is 1.61. The Hall–Kier alpha value is -3.88. The van der Waals surface area contributed by atoms with Gasteiger partial charge >= 0.3 is 12.1 Å². The third-order valence-corrected chi connectivity index (χ3v) is 8.84. The van der Waals surface area contributed by atoms with Gasteiger partial charge in [0.25, 0.3) is 0 Å². The number of hydrogen-bond donors (Lipinski definition) is 2. The van der Waals surface area contributed by atoms with E-state index < -0.39 is 47.6 Å². The predicted molar refractivity (Wildman–Crippen MR) is 177 cm³/mol. The molecule has 0 radical (unpaired) electrons. The summed E-state index contributed by atoms with van der Waals surface area (Å²) in [7, 11) is 0. The maximum atomic E-state index is 14.2. The van der Waals surface area contributed by atoms with Crippen LogP contribution in [-0.2, 0) is 23.9 Å². The summed E-state index contributed by atoms with van der Waals surface area (Å²) >= 11 is 0. The molecule has 250 valence electrons. The second-order valence-corrected chi connectivity index (χ2v) is 13.5. The molecule has 46 heavy (non-hydrogen) atoms. The number of carbonyl (C=O) groups excluding carboxylic acids is 4. The Morgan fingerprint density at radius 1 is 0.848 bits per heavy atom. The van der Waals surface area contributed by atoms with Crippen LogP contribution >= 0.6 is 0 Å². The number of alkyl carbamates (subject to hydrolysis) is 1. The van der Waals surface area contributed by atoms with E-state index in [4.69, 9.17) is 9.47 Å². The van der Waals surface area contributed by atoms with Gasteiger partial charge in [0.2, 0.25) is 11.8 Å².